The summed E-state index contributed by atoms with van der Waals surface area (Å²) in [5.41, 5.74) is 6.92. The van der Waals surface area contributed by atoms with E-state index in [2.05, 4.69) is 50.6 Å². The molecule has 0 radical (unpaired) electrons. The molecule has 0 amide bonds. The average molecular weight is 432 g/mol. The Labute approximate surface area is 188 Å². The molecule has 32 heavy (non-hydrogen) atoms. The molecule has 166 valence electrons. The second-order valence-electron chi connectivity index (χ2n) is 8.72. The van der Waals surface area contributed by atoms with Crippen molar-refractivity contribution in [2.45, 2.75) is 32.7 Å². The van der Waals surface area contributed by atoms with Crippen molar-refractivity contribution in [3.8, 4) is 0 Å². The SMILES string of the molecule is CCN1CCC(Nc2ccc3c(c2)C(=C(c2ccc(C)c(F)c2)c2ncc[nH]2)CN3)CC1. The predicted octanol–water partition coefficient (Wildman–Crippen LogP) is 5.14. The molecule has 0 saturated carbocycles. The fourth-order valence-corrected chi connectivity index (χ4v) is 4.77. The molecule has 0 unspecified atom stereocenters. The number of H-pyrrole nitrogens is 1. The maximum Gasteiger partial charge on any atom is 0.138 e. The minimum absolute atomic E-state index is 0.202. The van der Waals surface area contributed by atoms with Crippen LogP contribution in [-0.4, -0.2) is 47.1 Å². The summed E-state index contributed by atoms with van der Waals surface area (Å²) in [7, 11) is 0. The average Bonchev–Trinajstić information content (AvgIpc) is 3.48. The second-order valence-corrected chi connectivity index (χ2v) is 8.72. The normalized spacial score (nSPS) is 18.3. The fraction of sp³-hybridized carbons (Fsp3) is 0.346. The first-order valence-corrected chi connectivity index (χ1v) is 11.5. The van der Waals surface area contributed by atoms with Crippen molar-refractivity contribution in [2.24, 2.45) is 0 Å². The van der Waals surface area contributed by atoms with Crippen molar-refractivity contribution in [1.29, 1.82) is 0 Å². The van der Waals surface area contributed by atoms with Gasteiger partial charge in [-0.15, -0.1) is 0 Å². The zero-order chi connectivity index (χ0) is 22.1. The van der Waals surface area contributed by atoms with E-state index in [0.29, 0.717) is 18.2 Å². The van der Waals surface area contributed by atoms with Crippen molar-refractivity contribution in [3.63, 3.8) is 0 Å². The van der Waals surface area contributed by atoms with Gasteiger partial charge in [-0.25, -0.2) is 9.37 Å². The van der Waals surface area contributed by atoms with E-state index in [9.17, 15) is 4.39 Å². The zero-order valence-electron chi connectivity index (χ0n) is 18.7. The summed E-state index contributed by atoms with van der Waals surface area (Å²) in [6, 6.07) is 12.4. The number of rotatable bonds is 5. The third-order valence-electron chi connectivity index (χ3n) is 6.70. The number of nitrogens with zero attached hydrogens (tertiary/aromatic N) is 2. The summed E-state index contributed by atoms with van der Waals surface area (Å²) in [6.45, 7) is 8.11. The van der Waals surface area contributed by atoms with Crippen LogP contribution in [0.4, 0.5) is 15.8 Å². The van der Waals surface area contributed by atoms with Crippen LogP contribution in [0.15, 0.2) is 48.8 Å². The molecule has 1 fully saturated rings. The van der Waals surface area contributed by atoms with Crippen LogP contribution >= 0.6 is 0 Å². The number of nitrogens with one attached hydrogen (secondary N) is 3. The first-order valence-electron chi connectivity index (χ1n) is 11.5. The molecule has 3 heterocycles. The maximum atomic E-state index is 14.5. The second kappa shape index (κ2) is 8.79. The zero-order valence-corrected chi connectivity index (χ0v) is 18.7. The number of anilines is 2. The van der Waals surface area contributed by atoms with Gasteiger partial charge in [-0.05, 0) is 67.3 Å². The van der Waals surface area contributed by atoms with Crippen LogP contribution in [0.3, 0.4) is 0 Å². The third kappa shape index (κ3) is 4.02. The van der Waals surface area contributed by atoms with Crippen LogP contribution in [0.2, 0.25) is 0 Å². The predicted molar refractivity (Wildman–Crippen MR) is 129 cm³/mol. The molecule has 6 heteroatoms. The van der Waals surface area contributed by atoms with E-state index in [4.69, 9.17) is 0 Å². The number of likely N-dealkylation sites (tertiary alicyclic amines) is 1. The van der Waals surface area contributed by atoms with Crippen molar-refractivity contribution in [2.75, 3.05) is 36.8 Å². The number of fused-ring (bicyclic) bond motifs is 1. The van der Waals surface area contributed by atoms with Crippen LogP contribution in [0.5, 0.6) is 0 Å². The van der Waals surface area contributed by atoms with E-state index >= 15 is 0 Å². The number of imidazole rings is 1. The highest BCUT2D eigenvalue weighted by Gasteiger charge is 2.24. The van der Waals surface area contributed by atoms with Crippen LogP contribution in [0.25, 0.3) is 11.1 Å². The van der Waals surface area contributed by atoms with Crippen molar-refractivity contribution in [1.82, 2.24) is 14.9 Å². The highest BCUT2D eigenvalue weighted by Crippen LogP contribution is 2.40. The molecule has 0 atom stereocenters. The number of aromatic nitrogens is 2. The summed E-state index contributed by atoms with van der Waals surface area (Å²) in [4.78, 5) is 10.2. The molecular formula is C26H30FN5. The van der Waals surface area contributed by atoms with Gasteiger partial charge in [0.1, 0.15) is 11.6 Å². The third-order valence-corrected chi connectivity index (χ3v) is 6.70. The summed E-state index contributed by atoms with van der Waals surface area (Å²) in [5.74, 6) is 0.551. The van der Waals surface area contributed by atoms with Gasteiger partial charge in [-0.2, -0.15) is 0 Å². The molecule has 1 saturated heterocycles. The number of piperidine rings is 1. The van der Waals surface area contributed by atoms with Crippen molar-refractivity contribution < 1.29 is 4.39 Å². The Kier molecular flexibility index (Phi) is 5.70. The topological polar surface area (TPSA) is 56.0 Å². The Balaban J connectivity index is 1.51. The molecule has 0 spiro atoms. The molecule has 5 rings (SSSR count). The van der Waals surface area contributed by atoms with Crippen LogP contribution in [0.1, 0.15) is 42.3 Å². The van der Waals surface area contributed by atoms with E-state index in [1.807, 2.05) is 18.3 Å². The fourth-order valence-electron chi connectivity index (χ4n) is 4.77. The lowest BCUT2D eigenvalue weighted by Crippen LogP contribution is -2.38. The standard InChI is InChI=1S/C26H30FN5/c1-3-32-12-8-19(9-13-32)31-20-6-7-24-21(15-20)22(16-30-24)25(26-28-10-11-29-26)18-5-4-17(2)23(27)14-18/h4-7,10-11,14-15,19,30-31H,3,8-9,12-13,16H2,1-2H3,(H,28,29). The van der Waals surface area contributed by atoms with Crippen LogP contribution in [-0.2, 0) is 0 Å². The number of benzene rings is 2. The maximum absolute atomic E-state index is 14.5. The molecule has 2 aliphatic rings. The van der Waals surface area contributed by atoms with Crippen LogP contribution in [0, 0.1) is 12.7 Å². The van der Waals surface area contributed by atoms with Gasteiger partial charge in [-0.1, -0.05) is 19.1 Å². The lowest BCUT2D eigenvalue weighted by atomic mass is 9.94. The van der Waals surface area contributed by atoms with E-state index in [1.165, 1.54) is 0 Å². The van der Waals surface area contributed by atoms with E-state index in [1.54, 1.807) is 19.2 Å². The molecule has 1 aromatic heterocycles. The minimum atomic E-state index is -0.202. The summed E-state index contributed by atoms with van der Waals surface area (Å²) >= 11 is 0. The number of aryl methyl sites for hydroxylation is 1. The van der Waals surface area contributed by atoms with Crippen LogP contribution < -0.4 is 10.6 Å². The Morgan fingerprint density at radius 3 is 2.75 bits per heavy atom. The van der Waals surface area contributed by atoms with Gasteiger partial charge in [0.2, 0.25) is 0 Å². The summed E-state index contributed by atoms with van der Waals surface area (Å²) in [5, 5.41) is 7.25. The van der Waals surface area contributed by atoms with Crippen molar-refractivity contribution in [3.05, 3.63) is 77.1 Å². The molecule has 0 bridgehead atoms. The van der Waals surface area contributed by atoms with E-state index < -0.39 is 0 Å². The van der Waals surface area contributed by atoms with Gasteiger partial charge in [0.25, 0.3) is 0 Å². The Morgan fingerprint density at radius 2 is 2.03 bits per heavy atom. The lowest BCUT2D eigenvalue weighted by Gasteiger charge is -2.32. The number of hydrogen-bond acceptors (Lipinski definition) is 4. The van der Waals surface area contributed by atoms with Gasteiger partial charge < -0.3 is 20.5 Å². The molecular weight excluding hydrogens is 401 g/mol. The van der Waals surface area contributed by atoms with Gasteiger partial charge in [-0.3, -0.25) is 0 Å². The number of aromatic amines is 1. The molecule has 2 aliphatic heterocycles. The quantitative estimate of drug-likeness (QED) is 0.524. The summed E-state index contributed by atoms with van der Waals surface area (Å²) in [6.07, 6.45) is 5.87. The van der Waals surface area contributed by atoms with Gasteiger partial charge in [0, 0.05) is 60.6 Å². The summed E-state index contributed by atoms with van der Waals surface area (Å²) < 4.78 is 14.5. The first-order chi connectivity index (χ1) is 15.6. The Morgan fingerprint density at radius 1 is 1.19 bits per heavy atom. The van der Waals surface area contributed by atoms with E-state index in [-0.39, 0.29) is 5.82 Å². The molecule has 5 nitrogen and oxygen atoms in total. The molecule has 3 N–H and O–H groups in total. The molecule has 2 aromatic carbocycles. The highest BCUT2D eigenvalue weighted by molar-refractivity contribution is 6.03. The Bertz CT molecular complexity index is 1130. The van der Waals surface area contributed by atoms with E-state index in [0.717, 1.165) is 71.9 Å². The first kappa shape index (κ1) is 20.8. The Hall–Kier alpha value is -3.12. The van der Waals surface area contributed by atoms with Gasteiger partial charge >= 0.3 is 0 Å². The van der Waals surface area contributed by atoms with Gasteiger partial charge in [0.15, 0.2) is 0 Å². The molecule has 0 aliphatic carbocycles. The van der Waals surface area contributed by atoms with Gasteiger partial charge in [0.05, 0.1) is 0 Å². The highest BCUT2D eigenvalue weighted by atomic mass is 19.1. The monoisotopic (exact) mass is 431 g/mol. The smallest absolute Gasteiger partial charge is 0.138 e. The van der Waals surface area contributed by atoms with Crippen molar-refractivity contribution >= 4 is 22.5 Å². The largest absolute Gasteiger partial charge is 0.382 e. The number of halogens is 1. The number of hydrogen-bond donors (Lipinski definition) is 3. The molecule has 3 aromatic rings. The minimum Gasteiger partial charge on any atom is -0.382 e. The lowest BCUT2D eigenvalue weighted by molar-refractivity contribution is 0.229.